The maximum absolute atomic E-state index is 10.4. The van der Waals surface area contributed by atoms with Gasteiger partial charge in [-0.2, -0.15) is 0 Å². The molecule has 0 saturated carbocycles. The maximum Gasteiger partial charge on any atom is 0.0996 e. The van der Waals surface area contributed by atoms with Crippen LogP contribution >= 0.6 is 0 Å². The molecule has 0 radical (unpaired) electrons. The molecule has 0 amide bonds. The molecule has 2 rings (SSSR count). The Balaban J connectivity index is 2.20. The van der Waals surface area contributed by atoms with E-state index in [1.807, 2.05) is 4.57 Å². The van der Waals surface area contributed by atoms with Crippen LogP contribution in [0.3, 0.4) is 0 Å². The molecule has 1 atom stereocenters. The Morgan fingerprint density at radius 3 is 2.37 bits per heavy atom. The van der Waals surface area contributed by atoms with Gasteiger partial charge in [0.15, 0.2) is 0 Å². The van der Waals surface area contributed by atoms with Crippen LogP contribution in [0.2, 0.25) is 0 Å². The molecule has 0 spiro atoms. The highest BCUT2D eigenvalue weighted by Gasteiger charge is 2.15. The first-order valence-corrected chi connectivity index (χ1v) is 6.74. The molecule has 0 aliphatic rings. The van der Waals surface area contributed by atoms with E-state index in [1.54, 1.807) is 12.5 Å². The fourth-order valence-electron chi connectivity index (χ4n) is 2.52. The first-order valence-electron chi connectivity index (χ1n) is 6.74. The summed E-state index contributed by atoms with van der Waals surface area (Å²) in [6, 6.07) is 6.72. The van der Waals surface area contributed by atoms with Gasteiger partial charge in [-0.1, -0.05) is 29.3 Å². The monoisotopic (exact) mass is 258 g/mol. The number of hydrogen-bond acceptors (Lipinski definition) is 2. The molecule has 2 aromatic rings. The van der Waals surface area contributed by atoms with Crippen molar-refractivity contribution in [1.29, 1.82) is 0 Å². The molecule has 1 unspecified atom stereocenters. The highest BCUT2D eigenvalue weighted by molar-refractivity contribution is 5.29. The van der Waals surface area contributed by atoms with Crippen LogP contribution in [0.4, 0.5) is 0 Å². The minimum atomic E-state index is -0.508. The van der Waals surface area contributed by atoms with Gasteiger partial charge in [-0.05, 0) is 33.3 Å². The third-order valence-corrected chi connectivity index (χ3v) is 3.30. The molecule has 0 saturated heterocycles. The predicted molar refractivity (Wildman–Crippen MR) is 77.2 cm³/mol. The highest BCUT2D eigenvalue weighted by atomic mass is 16.3. The number of nitrogens with zero attached hydrogens (tertiary/aromatic N) is 2. The third-order valence-electron chi connectivity index (χ3n) is 3.30. The lowest BCUT2D eigenvalue weighted by Crippen LogP contribution is -2.11. The van der Waals surface area contributed by atoms with Gasteiger partial charge in [0, 0.05) is 12.5 Å². The molecule has 1 aromatic heterocycles. The molecule has 1 N–H and O–H groups in total. The van der Waals surface area contributed by atoms with Gasteiger partial charge >= 0.3 is 0 Å². The van der Waals surface area contributed by atoms with E-state index in [4.69, 9.17) is 0 Å². The molecule has 0 fully saturated rings. The number of imidazole rings is 1. The number of aryl methyl sites for hydroxylation is 2. The van der Waals surface area contributed by atoms with E-state index in [0.717, 1.165) is 5.69 Å². The molecule has 1 aromatic carbocycles. The maximum atomic E-state index is 10.4. The van der Waals surface area contributed by atoms with Gasteiger partial charge in [-0.3, -0.25) is 0 Å². The van der Waals surface area contributed by atoms with E-state index in [0.29, 0.717) is 12.5 Å². The third kappa shape index (κ3) is 3.24. The summed E-state index contributed by atoms with van der Waals surface area (Å²) >= 11 is 0. The molecule has 19 heavy (non-hydrogen) atoms. The largest absolute Gasteiger partial charge is 0.386 e. The number of hydrogen-bond donors (Lipinski definition) is 1. The van der Waals surface area contributed by atoms with Crippen LogP contribution in [0, 0.1) is 13.8 Å². The second-order valence-electron chi connectivity index (χ2n) is 5.54. The highest BCUT2D eigenvalue weighted by Crippen LogP contribution is 2.22. The second kappa shape index (κ2) is 5.57. The molecule has 0 bridgehead atoms. The van der Waals surface area contributed by atoms with E-state index in [-0.39, 0.29) is 0 Å². The van der Waals surface area contributed by atoms with Crippen LogP contribution in [0.1, 0.15) is 48.4 Å². The SMILES string of the molecule is Cc1cc(C)cc(CC(O)c2cncn2C(C)C)c1. The summed E-state index contributed by atoms with van der Waals surface area (Å²) in [5.41, 5.74) is 4.52. The van der Waals surface area contributed by atoms with Crippen LogP contribution in [0.25, 0.3) is 0 Å². The van der Waals surface area contributed by atoms with Gasteiger partial charge in [0.25, 0.3) is 0 Å². The lowest BCUT2D eigenvalue weighted by atomic mass is 10.0. The number of aromatic nitrogens is 2. The topological polar surface area (TPSA) is 38.1 Å². The zero-order chi connectivity index (χ0) is 14.0. The summed E-state index contributed by atoms with van der Waals surface area (Å²) in [6.45, 7) is 8.35. The standard InChI is InChI=1S/C16H22N2O/c1-11(2)18-10-17-9-15(18)16(19)8-14-6-12(3)5-13(4)7-14/h5-7,9-11,16,19H,8H2,1-4H3. The molecule has 3 heteroatoms. The van der Waals surface area contributed by atoms with Crippen molar-refractivity contribution in [2.75, 3.05) is 0 Å². The van der Waals surface area contributed by atoms with Crippen molar-refractivity contribution in [3.63, 3.8) is 0 Å². The van der Waals surface area contributed by atoms with Crippen molar-refractivity contribution in [3.8, 4) is 0 Å². The summed E-state index contributed by atoms with van der Waals surface area (Å²) in [7, 11) is 0. The molecule has 102 valence electrons. The minimum absolute atomic E-state index is 0.311. The molecule has 0 aliphatic carbocycles. The van der Waals surface area contributed by atoms with E-state index in [2.05, 4.69) is 50.9 Å². The predicted octanol–water partition coefficient (Wildman–Crippen LogP) is 3.36. The van der Waals surface area contributed by atoms with Gasteiger partial charge in [0.2, 0.25) is 0 Å². The Labute approximate surface area is 114 Å². The lowest BCUT2D eigenvalue weighted by molar-refractivity contribution is 0.167. The van der Waals surface area contributed by atoms with Gasteiger partial charge in [0.05, 0.1) is 24.3 Å². The van der Waals surface area contributed by atoms with Crippen molar-refractivity contribution < 1.29 is 5.11 Å². The summed E-state index contributed by atoms with van der Waals surface area (Å²) in [6.07, 6.45) is 3.66. The molecule has 0 aliphatic heterocycles. The zero-order valence-corrected chi connectivity index (χ0v) is 12.1. The Hall–Kier alpha value is -1.61. The van der Waals surface area contributed by atoms with Crippen LogP contribution < -0.4 is 0 Å². The molecular weight excluding hydrogens is 236 g/mol. The fraction of sp³-hybridized carbons (Fsp3) is 0.438. The summed E-state index contributed by atoms with van der Waals surface area (Å²) in [5.74, 6) is 0. The van der Waals surface area contributed by atoms with Gasteiger partial charge < -0.3 is 9.67 Å². The Morgan fingerprint density at radius 2 is 1.79 bits per heavy atom. The van der Waals surface area contributed by atoms with Gasteiger partial charge in [0.1, 0.15) is 0 Å². The molecule has 3 nitrogen and oxygen atoms in total. The first kappa shape index (κ1) is 13.8. The van der Waals surface area contributed by atoms with Crippen LogP contribution in [0.5, 0.6) is 0 Å². The second-order valence-corrected chi connectivity index (χ2v) is 5.54. The normalized spacial score (nSPS) is 12.9. The van der Waals surface area contributed by atoms with Gasteiger partial charge in [-0.25, -0.2) is 4.98 Å². The molecule has 1 heterocycles. The van der Waals surface area contributed by atoms with Crippen molar-refractivity contribution >= 4 is 0 Å². The average Bonchev–Trinajstić information content (AvgIpc) is 2.75. The first-order chi connectivity index (χ1) is 8.97. The Bertz CT molecular complexity index is 537. The Kier molecular flexibility index (Phi) is 4.05. The summed E-state index contributed by atoms with van der Waals surface area (Å²) in [5, 5.41) is 10.4. The van der Waals surface area contributed by atoms with E-state index >= 15 is 0 Å². The van der Waals surface area contributed by atoms with Crippen LogP contribution in [0.15, 0.2) is 30.7 Å². The van der Waals surface area contributed by atoms with Crippen LogP contribution in [-0.2, 0) is 6.42 Å². The quantitative estimate of drug-likeness (QED) is 0.913. The Morgan fingerprint density at radius 1 is 1.16 bits per heavy atom. The summed E-state index contributed by atoms with van der Waals surface area (Å²) < 4.78 is 2.02. The van der Waals surface area contributed by atoms with Crippen LogP contribution in [-0.4, -0.2) is 14.7 Å². The van der Waals surface area contributed by atoms with E-state index in [9.17, 15) is 5.11 Å². The molecular formula is C16H22N2O. The fourth-order valence-corrected chi connectivity index (χ4v) is 2.52. The number of benzene rings is 1. The summed E-state index contributed by atoms with van der Waals surface area (Å²) in [4.78, 5) is 4.14. The van der Waals surface area contributed by atoms with Gasteiger partial charge in [-0.15, -0.1) is 0 Å². The van der Waals surface area contributed by atoms with Crippen molar-refractivity contribution in [2.45, 2.75) is 46.3 Å². The number of rotatable bonds is 4. The average molecular weight is 258 g/mol. The van der Waals surface area contributed by atoms with E-state index < -0.39 is 6.10 Å². The van der Waals surface area contributed by atoms with Crippen molar-refractivity contribution in [3.05, 3.63) is 53.1 Å². The smallest absolute Gasteiger partial charge is 0.0996 e. The van der Waals surface area contributed by atoms with E-state index in [1.165, 1.54) is 16.7 Å². The minimum Gasteiger partial charge on any atom is -0.386 e. The lowest BCUT2D eigenvalue weighted by Gasteiger charge is -2.17. The zero-order valence-electron chi connectivity index (χ0n) is 12.1. The number of aliphatic hydroxyl groups excluding tert-OH is 1. The van der Waals surface area contributed by atoms with Crippen molar-refractivity contribution in [1.82, 2.24) is 9.55 Å². The number of aliphatic hydroxyl groups is 1. The van der Waals surface area contributed by atoms with Crippen molar-refractivity contribution in [2.24, 2.45) is 0 Å².